The van der Waals surface area contributed by atoms with Crippen LogP contribution in [-0.4, -0.2) is 22.5 Å². The first-order valence-corrected chi connectivity index (χ1v) is 6.49. The zero-order valence-electron chi connectivity index (χ0n) is 10.8. The van der Waals surface area contributed by atoms with Crippen LogP contribution in [0.3, 0.4) is 0 Å². The SMILES string of the molecule is N/C(=N/O)C1(NC(=O)Cc2ccccc2)CCCC1. The van der Waals surface area contributed by atoms with Gasteiger partial charge in [0, 0.05) is 0 Å². The van der Waals surface area contributed by atoms with E-state index >= 15 is 0 Å². The minimum Gasteiger partial charge on any atom is -0.409 e. The zero-order chi connectivity index (χ0) is 13.7. The second kappa shape index (κ2) is 5.73. The van der Waals surface area contributed by atoms with Gasteiger partial charge < -0.3 is 16.3 Å². The molecule has 0 atom stereocenters. The maximum absolute atomic E-state index is 12.1. The van der Waals surface area contributed by atoms with Crippen LogP contribution in [0.15, 0.2) is 35.5 Å². The summed E-state index contributed by atoms with van der Waals surface area (Å²) in [5.41, 5.74) is 6.03. The van der Waals surface area contributed by atoms with Gasteiger partial charge in [-0.25, -0.2) is 0 Å². The van der Waals surface area contributed by atoms with E-state index in [-0.39, 0.29) is 11.7 Å². The molecule has 19 heavy (non-hydrogen) atoms. The molecule has 5 nitrogen and oxygen atoms in total. The lowest BCUT2D eigenvalue weighted by molar-refractivity contribution is -0.121. The van der Waals surface area contributed by atoms with E-state index in [2.05, 4.69) is 10.5 Å². The van der Waals surface area contributed by atoms with Gasteiger partial charge in [0.15, 0.2) is 5.84 Å². The van der Waals surface area contributed by atoms with Crippen molar-refractivity contribution in [1.82, 2.24) is 5.32 Å². The fraction of sp³-hybridized carbons (Fsp3) is 0.429. The summed E-state index contributed by atoms with van der Waals surface area (Å²) in [4.78, 5) is 12.1. The summed E-state index contributed by atoms with van der Waals surface area (Å²) in [6, 6.07) is 9.53. The van der Waals surface area contributed by atoms with Crippen molar-refractivity contribution in [2.45, 2.75) is 37.6 Å². The lowest BCUT2D eigenvalue weighted by Crippen LogP contribution is -2.56. The van der Waals surface area contributed by atoms with E-state index in [4.69, 9.17) is 10.9 Å². The molecule has 0 aliphatic heterocycles. The Hall–Kier alpha value is -2.04. The number of carbonyl (C=O) groups excluding carboxylic acids is 1. The standard InChI is InChI=1S/C14H19N3O2/c15-13(17-19)14(8-4-5-9-14)16-12(18)10-11-6-2-1-3-7-11/h1-3,6-7,19H,4-5,8-10H2,(H2,15,17)(H,16,18). The van der Waals surface area contributed by atoms with Crippen molar-refractivity contribution in [3.8, 4) is 0 Å². The molecule has 1 aromatic rings. The zero-order valence-corrected chi connectivity index (χ0v) is 10.8. The Morgan fingerprint density at radius 1 is 1.32 bits per heavy atom. The van der Waals surface area contributed by atoms with Crippen LogP contribution in [0.1, 0.15) is 31.2 Å². The molecule has 102 valence electrons. The molecule has 0 heterocycles. The van der Waals surface area contributed by atoms with Gasteiger partial charge >= 0.3 is 0 Å². The summed E-state index contributed by atoms with van der Waals surface area (Å²) < 4.78 is 0. The van der Waals surface area contributed by atoms with Gasteiger partial charge in [0.25, 0.3) is 0 Å². The highest BCUT2D eigenvalue weighted by Crippen LogP contribution is 2.30. The van der Waals surface area contributed by atoms with Crippen LogP contribution in [-0.2, 0) is 11.2 Å². The van der Waals surface area contributed by atoms with Gasteiger partial charge in [-0.15, -0.1) is 0 Å². The first kappa shape index (κ1) is 13.4. The van der Waals surface area contributed by atoms with Crippen LogP contribution in [0, 0.1) is 0 Å². The molecule has 0 saturated heterocycles. The third kappa shape index (κ3) is 3.05. The summed E-state index contributed by atoms with van der Waals surface area (Å²) in [6.07, 6.45) is 3.71. The average molecular weight is 261 g/mol. The van der Waals surface area contributed by atoms with E-state index in [1.807, 2.05) is 30.3 Å². The molecule has 0 radical (unpaired) electrons. The van der Waals surface area contributed by atoms with Gasteiger partial charge in [-0.05, 0) is 18.4 Å². The number of hydrogen-bond donors (Lipinski definition) is 3. The number of rotatable bonds is 4. The summed E-state index contributed by atoms with van der Waals surface area (Å²) in [5, 5.41) is 14.9. The monoisotopic (exact) mass is 261 g/mol. The van der Waals surface area contributed by atoms with Crippen molar-refractivity contribution in [2.24, 2.45) is 10.9 Å². The number of benzene rings is 1. The van der Waals surface area contributed by atoms with Gasteiger partial charge in [-0.3, -0.25) is 4.79 Å². The Balaban J connectivity index is 2.04. The number of amides is 1. The molecular formula is C14H19N3O2. The lowest BCUT2D eigenvalue weighted by Gasteiger charge is -2.28. The number of amidine groups is 1. The quantitative estimate of drug-likeness (QED) is 0.331. The molecule has 0 aromatic heterocycles. The average Bonchev–Trinajstić information content (AvgIpc) is 2.88. The Kier molecular flexibility index (Phi) is 4.04. The van der Waals surface area contributed by atoms with Gasteiger partial charge in [0.2, 0.25) is 5.91 Å². The second-order valence-corrected chi connectivity index (χ2v) is 4.99. The van der Waals surface area contributed by atoms with E-state index in [1.165, 1.54) is 0 Å². The Bertz CT molecular complexity index is 465. The highest BCUT2D eigenvalue weighted by atomic mass is 16.4. The maximum atomic E-state index is 12.1. The molecular weight excluding hydrogens is 242 g/mol. The van der Waals surface area contributed by atoms with Crippen LogP contribution >= 0.6 is 0 Å². The largest absolute Gasteiger partial charge is 0.409 e. The summed E-state index contributed by atoms with van der Waals surface area (Å²) in [6.45, 7) is 0. The highest BCUT2D eigenvalue weighted by molar-refractivity contribution is 5.94. The van der Waals surface area contributed by atoms with E-state index < -0.39 is 5.54 Å². The minimum atomic E-state index is -0.666. The Morgan fingerprint density at radius 3 is 2.53 bits per heavy atom. The van der Waals surface area contributed by atoms with Crippen molar-refractivity contribution in [2.75, 3.05) is 0 Å². The molecule has 1 fully saturated rings. The fourth-order valence-electron chi connectivity index (χ4n) is 2.61. The van der Waals surface area contributed by atoms with Gasteiger partial charge in [0.1, 0.15) is 5.54 Å². The fourth-order valence-corrected chi connectivity index (χ4v) is 2.61. The van der Waals surface area contributed by atoms with Crippen LogP contribution < -0.4 is 11.1 Å². The van der Waals surface area contributed by atoms with Crippen molar-refractivity contribution in [1.29, 1.82) is 0 Å². The number of nitrogens with two attached hydrogens (primary N) is 1. The predicted octanol–water partition coefficient (Wildman–Crippen LogP) is 1.40. The summed E-state index contributed by atoms with van der Waals surface area (Å²) in [7, 11) is 0. The van der Waals surface area contributed by atoms with Gasteiger partial charge in [-0.1, -0.05) is 48.3 Å². The van der Waals surface area contributed by atoms with Crippen molar-refractivity contribution >= 4 is 11.7 Å². The molecule has 1 aromatic carbocycles. The van der Waals surface area contributed by atoms with Gasteiger partial charge in [0.05, 0.1) is 6.42 Å². The first-order valence-electron chi connectivity index (χ1n) is 6.49. The van der Waals surface area contributed by atoms with Crippen LogP contribution in [0.4, 0.5) is 0 Å². The molecule has 0 unspecified atom stereocenters. The van der Waals surface area contributed by atoms with Crippen molar-refractivity contribution < 1.29 is 10.0 Å². The topological polar surface area (TPSA) is 87.7 Å². The molecule has 1 amide bonds. The number of carbonyl (C=O) groups is 1. The molecule has 1 aliphatic rings. The third-order valence-electron chi connectivity index (χ3n) is 3.64. The molecule has 4 N–H and O–H groups in total. The van der Waals surface area contributed by atoms with Crippen LogP contribution in [0.5, 0.6) is 0 Å². The van der Waals surface area contributed by atoms with E-state index in [0.29, 0.717) is 6.42 Å². The van der Waals surface area contributed by atoms with Crippen LogP contribution in [0.2, 0.25) is 0 Å². The molecule has 5 heteroatoms. The molecule has 0 spiro atoms. The van der Waals surface area contributed by atoms with Gasteiger partial charge in [-0.2, -0.15) is 0 Å². The molecule has 1 saturated carbocycles. The van der Waals surface area contributed by atoms with E-state index in [9.17, 15) is 4.79 Å². The third-order valence-corrected chi connectivity index (χ3v) is 3.64. The summed E-state index contributed by atoms with van der Waals surface area (Å²) >= 11 is 0. The number of nitrogens with one attached hydrogen (secondary N) is 1. The Labute approximate surface area is 112 Å². The second-order valence-electron chi connectivity index (χ2n) is 4.99. The number of oxime groups is 1. The van der Waals surface area contributed by atoms with Crippen molar-refractivity contribution in [3.63, 3.8) is 0 Å². The normalized spacial score (nSPS) is 18.2. The smallest absolute Gasteiger partial charge is 0.225 e. The highest BCUT2D eigenvalue weighted by Gasteiger charge is 2.39. The predicted molar refractivity (Wildman–Crippen MR) is 72.9 cm³/mol. The lowest BCUT2D eigenvalue weighted by atomic mass is 9.95. The van der Waals surface area contributed by atoms with Crippen molar-refractivity contribution in [3.05, 3.63) is 35.9 Å². The molecule has 0 bridgehead atoms. The van der Waals surface area contributed by atoms with E-state index in [0.717, 1.165) is 31.2 Å². The molecule has 1 aliphatic carbocycles. The van der Waals surface area contributed by atoms with Crippen LogP contribution in [0.25, 0.3) is 0 Å². The minimum absolute atomic E-state index is 0.0975. The Morgan fingerprint density at radius 2 is 1.95 bits per heavy atom. The maximum Gasteiger partial charge on any atom is 0.225 e. The molecule has 2 rings (SSSR count). The first-order chi connectivity index (χ1) is 9.16. The summed E-state index contributed by atoms with van der Waals surface area (Å²) in [5.74, 6) is 0.00566. The number of hydrogen-bond acceptors (Lipinski definition) is 3. The van der Waals surface area contributed by atoms with E-state index in [1.54, 1.807) is 0 Å². The number of nitrogens with zero attached hydrogens (tertiary/aromatic N) is 1.